The Balaban J connectivity index is 1.51. The minimum Gasteiger partial charge on any atom is -0.356 e. The molecule has 1 aromatic carbocycles. The van der Waals surface area contributed by atoms with E-state index in [4.69, 9.17) is 9.47 Å². The van der Waals surface area contributed by atoms with Crippen LogP contribution in [-0.4, -0.2) is 49.2 Å². The lowest BCUT2D eigenvalue weighted by Crippen LogP contribution is -2.52. The van der Waals surface area contributed by atoms with Crippen molar-refractivity contribution < 1.29 is 28.2 Å². The second-order valence-corrected chi connectivity index (χ2v) is 7.71. The zero-order valence-electron chi connectivity index (χ0n) is 15.9. The Kier molecular flexibility index (Phi) is 4.93. The molecule has 0 unspecified atom stereocenters. The number of nitrogens with zero attached hydrogens (tertiary/aromatic N) is 1. The van der Waals surface area contributed by atoms with Gasteiger partial charge in [-0.05, 0) is 42.4 Å². The molecule has 4 rings (SSSR count). The molecule has 0 bridgehead atoms. The third-order valence-corrected chi connectivity index (χ3v) is 6.09. The van der Waals surface area contributed by atoms with Crippen LogP contribution in [0.4, 0.5) is 4.39 Å². The van der Waals surface area contributed by atoms with Crippen LogP contribution in [0.5, 0.6) is 0 Å². The summed E-state index contributed by atoms with van der Waals surface area (Å²) in [5.74, 6) is -1.42. The lowest BCUT2D eigenvalue weighted by atomic mass is 9.70. The fourth-order valence-corrected chi connectivity index (χ4v) is 4.55. The van der Waals surface area contributed by atoms with E-state index in [2.05, 4.69) is 5.32 Å². The highest BCUT2D eigenvalue weighted by Crippen LogP contribution is 2.45. The maximum Gasteiger partial charge on any atom is 0.258 e. The van der Waals surface area contributed by atoms with Gasteiger partial charge in [-0.3, -0.25) is 19.7 Å². The lowest BCUT2D eigenvalue weighted by Gasteiger charge is -2.39. The van der Waals surface area contributed by atoms with Crippen LogP contribution < -0.4 is 5.32 Å². The highest BCUT2D eigenvalue weighted by molar-refractivity contribution is 6.05. The first-order valence-electron chi connectivity index (χ1n) is 9.45. The molecule has 7 nitrogen and oxygen atoms in total. The van der Waals surface area contributed by atoms with Crippen molar-refractivity contribution in [1.82, 2.24) is 10.2 Å². The molecule has 1 aliphatic carbocycles. The smallest absolute Gasteiger partial charge is 0.258 e. The molecule has 1 aromatic rings. The Morgan fingerprint density at radius 1 is 1.18 bits per heavy atom. The molecule has 2 heterocycles. The van der Waals surface area contributed by atoms with Crippen LogP contribution in [-0.2, 0) is 25.6 Å². The summed E-state index contributed by atoms with van der Waals surface area (Å²) >= 11 is 0. The summed E-state index contributed by atoms with van der Waals surface area (Å²) < 4.78 is 25.3. The monoisotopic (exact) mass is 390 g/mol. The van der Waals surface area contributed by atoms with E-state index >= 15 is 0 Å². The van der Waals surface area contributed by atoms with Gasteiger partial charge in [-0.25, -0.2) is 4.39 Å². The number of hydrogen-bond acceptors (Lipinski definition) is 5. The van der Waals surface area contributed by atoms with E-state index in [0.717, 1.165) is 18.4 Å². The highest BCUT2D eigenvalue weighted by atomic mass is 19.1. The standard InChI is InChI=1S/C20H23FN2O5/c1-27-20(28-2)12-5-10(6-12)11-7-13-9-23(19(26)17(13)14(21)8-11)15-3-4-16(24)22-18(15)25/h7-8,10,12,15,20H,3-6,9H2,1-2H3,(H,22,24,25)/t10?,12?,15-/m0/s1. The van der Waals surface area contributed by atoms with Crippen molar-refractivity contribution in [3.63, 3.8) is 0 Å². The van der Waals surface area contributed by atoms with E-state index in [0.29, 0.717) is 5.56 Å². The van der Waals surface area contributed by atoms with Gasteiger partial charge in [-0.1, -0.05) is 6.07 Å². The van der Waals surface area contributed by atoms with Gasteiger partial charge in [0.05, 0.1) is 5.56 Å². The molecule has 8 heteroatoms. The molecule has 0 spiro atoms. The van der Waals surface area contributed by atoms with Gasteiger partial charge in [0.15, 0.2) is 6.29 Å². The van der Waals surface area contributed by atoms with Gasteiger partial charge in [0.25, 0.3) is 5.91 Å². The van der Waals surface area contributed by atoms with Crippen LogP contribution in [0.1, 0.15) is 53.1 Å². The van der Waals surface area contributed by atoms with Gasteiger partial charge in [0, 0.05) is 33.1 Å². The maximum atomic E-state index is 14.8. The lowest BCUT2D eigenvalue weighted by molar-refractivity contribution is -0.157. The Morgan fingerprint density at radius 2 is 1.89 bits per heavy atom. The maximum absolute atomic E-state index is 14.8. The number of methoxy groups -OCH3 is 2. The zero-order chi connectivity index (χ0) is 20.0. The van der Waals surface area contributed by atoms with Gasteiger partial charge in [-0.15, -0.1) is 0 Å². The Morgan fingerprint density at radius 3 is 2.54 bits per heavy atom. The van der Waals surface area contributed by atoms with Crippen molar-refractivity contribution in [3.05, 3.63) is 34.6 Å². The molecule has 3 amide bonds. The fourth-order valence-electron chi connectivity index (χ4n) is 4.55. The van der Waals surface area contributed by atoms with Crippen LogP contribution in [0.15, 0.2) is 12.1 Å². The zero-order valence-corrected chi connectivity index (χ0v) is 15.9. The number of ether oxygens (including phenoxy) is 2. The van der Waals surface area contributed by atoms with Gasteiger partial charge in [0.1, 0.15) is 11.9 Å². The Labute approximate surface area is 162 Å². The second-order valence-electron chi connectivity index (χ2n) is 7.71. The van der Waals surface area contributed by atoms with Crippen molar-refractivity contribution in [2.24, 2.45) is 5.92 Å². The van der Waals surface area contributed by atoms with E-state index in [1.807, 2.05) is 6.07 Å². The Hall–Kier alpha value is -2.32. The number of piperidine rings is 1. The van der Waals surface area contributed by atoms with E-state index < -0.39 is 23.7 Å². The van der Waals surface area contributed by atoms with Gasteiger partial charge in [0.2, 0.25) is 11.8 Å². The van der Waals surface area contributed by atoms with E-state index in [9.17, 15) is 18.8 Å². The Bertz CT molecular complexity index is 832. The SMILES string of the molecule is COC(OC)C1CC(c2cc(F)c3c(c2)CN([C@H]2CCC(=O)NC2=O)C3=O)C1. The third kappa shape index (κ3) is 3.10. The number of fused-ring (bicyclic) bond motifs is 1. The summed E-state index contributed by atoms with van der Waals surface area (Å²) in [7, 11) is 3.21. The number of hydrogen-bond donors (Lipinski definition) is 1. The van der Waals surface area contributed by atoms with E-state index in [1.54, 1.807) is 14.2 Å². The molecule has 3 aliphatic rings. The number of benzene rings is 1. The predicted octanol–water partition coefficient (Wildman–Crippen LogP) is 1.70. The first-order valence-corrected chi connectivity index (χ1v) is 9.45. The number of imide groups is 1. The van der Waals surface area contributed by atoms with E-state index in [-0.39, 0.29) is 49.0 Å². The van der Waals surface area contributed by atoms with Crippen molar-refractivity contribution >= 4 is 17.7 Å². The highest BCUT2D eigenvalue weighted by Gasteiger charge is 2.42. The number of carbonyl (C=O) groups excluding carboxylic acids is 3. The van der Waals surface area contributed by atoms with Gasteiger partial charge >= 0.3 is 0 Å². The number of amides is 3. The van der Waals surface area contributed by atoms with Crippen LogP contribution in [0.3, 0.4) is 0 Å². The number of nitrogens with one attached hydrogen (secondary N) is 1. The molecule has 1 saturated carbocycles. The van der Waals surface area contributed by atoms with Crippen LogP contribution in [0, 0.1) is 11.7 Å². The van der Waals surface area contributed by atoms with Crippen LogP contribution >= 0.6 is 0 Å². The quantitative estimate of drug-likeness (QED) is 0.611. The van der Waals surface area contributed by atoms with Gasteiger partial charge in [-0.2, -0.15) is 0 Å². The first-order chi connectivity index (χ1) is 13.4. The summed E-state index contributed by atoms with van der Waals surface area (Å²) in [6.45, 7) is 0.181. The molecule has 1 saturated heterocycles. The van der Waals surface area contributed by atoms with Crippen molar-refractivity contribution in [2.75, 3.05) is 14.2 Å². The molecule has 0 radical (unpaired) electrons. The van der Waals surface area contributed by atoms with Crippen molar-refractivity contribution in [2.45, 2.75) is 50.5 Å². The number of halogens is 1. The summed E-state index contributed by atoms with van der Waals surface area (Å²) in [4.78, 5) is 37.6. The summed E-state index contributed by atoms with van der Waals surface area (Å²) in [5.41, 5.74) is 1.50. The number of carbonyl (C=O) groups is 3. The molecule has 2 fully saturated rings. The molecule has 0 aromatic heterocycles. The molecule has 150 valence electrons. The summed E-state index contributed by atoms with van der Waals surface area (Å²) in [6.07, 6.45) is 1.83. The normalized spacial score (nSPS) is 27.1. The summed E-state index contributed by atoms with van der Waals surface area (Å²) in [6, 6.07) is 2.57. The largest absolute Gasteiger partial charge is 0.356 e. The second kappa shape index (κ2) is 7.25. The summed E-state index contributed by atoms with van der Waals surface area (Å²) in [5, 5.41) is 2.25. The molecular formula is C20H23FN2O5. The first kappa shape index (κ1) is 19.0. The minimum atomic E-state index is -0.738. The van der Waals surface area contributed by atoms with Crippen molar-refractivity contribution in [1.29, 1.82) is 0 Å². The predicted molar refractivity (Wildman–Crippen MR) is 95.7 cm³/mol. The third-order valence-electron chi connectivity index (χ3n) is 6.09. The van der Waals surface area contributed by atoms with Crippen LogP contribution in [0.2, 0.25) is 0 Å². The van der Waals surface area contributed by atoms with Gasteiger partial charge < -0.3 is 14.4 Å². The number of rotatable bonds is 5. The average Bonchev–Trinajstić information content (AvgIpc) is 2.94. The minimum absolute atomic E-state index is 0.0379. The molecule has 28 heavy (non-hydrogen) atoms. The van der Waals surface area contributed by atoms with Crippen molar-refractivity contribution in [3.8, 4) is 0 Å². The molecular weight excluding hydrogens is 367 g/mol. The topological polar surface area (TPSA) is 84.9 Å². The molecule has 1 atom stereocenters. The average molecular weight is 390 g/mol. The van der Waals surface area contributed by atoms with Crippen LogP contribution in [0.25, 0.3) is 0 Å². The fraction of sp³-hybridized carbons (Fsp3) is 0.550. The molecule has 2 aliphatic heterocycles. The molecule has 1 N–H and O–H groups in total. The van der Waals surface area contributed by atoms with E-state index in [1.165, 1.54) is 11.0 Å².